The summed E-state index contributed by atoms with van der Waals surface area (Å²) in [4.78, 5) is 22.3. The van der Waals surface area contributed by atoms with Crippen molar-refractivity contribution in [3.8, 4) is 5.88 Å². The van der Waals surface area contributed by atoms with E-state index in [4.69, 9.17) is 16.8 Å². The molecule has 0 aliphatic rings. The maximum Gasteiger partial charge on any atom is 0.267 e. The summed E-state index contributed by atoms with van der Waals surface area (Å²) < 4.78 is 3.12. The molecule has 2 aromatic carbocycles. The monoisotopic (exact) mass is 452 g/mol. The number of nitrogens with zero attached hydrogens (tertiary/aromatic N) is 5. The van der Waals surface area contributed by atoms with Gasteiger partial charge in [-0.3, -0.25) is 10.0 Å². The normalized spacial score (nSPS) is 11.3. The first-order valence-electron chi connectivity index (χ1n) is 9.43. The molecule has 0 aliphatic carbocycles. The van der Waals surface area contributed by atoms with E-state index >= 15 is 0 Å². The van der Waals surface area contributed by atoms with Crippen LogP contribution in [0.4, 0.5) is 5.69 Å². The van der Waals surface area contributed by atoms with Crippen molar-refractivity contribution in [3.05, 3.63) is 81.5 Å². The second-order valence-electron chi connectivity index (χ2n) is 6.94. The highest BCUT2D eigenvalue weighted by Gasteiger charge is 2.20. The summed E-state index contributed by atoms with van der Waals surface area (Å²) >= 11 is 6.29. The van der Waals surface area contributed by atoms with Gasteiger partial charge in [0.05, 0.1) is 29.8 Å². The third kappa shape index (κ3) is 4.22. The Hall–Kier alpha value is -4.02. The molecule has 0 atom stereocenters. The number of nitrogens with one attached hydrogen (secondary N) is 1. The van der Waals surface area contributed by atoms with Crippen LogP contribution in [0.25, 0.3) is 17.0 Å². The Kier molecular flexibility index (Phi) is 5.97. The number of halogens is 1. The topological polar surface area (TPSA) is 135 Å². The molecule has 0 saturated carbocycles. The zero-order valence-corrected chi connectivity index (χ0v) is 17.3. The zero-order chi connectivity index (χ0) is 22.7. The third-order valence-electron chi connectivity index (χ3n) is 4.84. The summed E-state index contributed by atoms with van der Waals surface area (Å²) in [5, 5.41) is 31.0. The second-order valence-corrected chi connectivity index (χ2v) is 7.35. The molecule has 0 radical (unpaired) electrons. The van der Waals surface area contributed by atoms with Crippen LogP contribution >= 0.6 is 11.6 Å². The van der Waals surface area contributed by atoms with E-state index in [-0.39, 0.29) is 18.1 Å². The van der Waals surface area contributed by atoms with Crippen LogP contribution in [-0.2, 0) is 17.9 Å². The fraction of sp³-hybridized carbons (Fsp3) is 0.0952. The molecule has 0 unspecified atom stereocenters. The number of aromatic hydroxyl groups is 1. The highest BCUT2D eigenvalue weighted by molar-refractivity contribution is 6.35. The molecule has 0 spiro atoms. The molecule has 1 amide bonds. The molecule has 2 aromatic heterocycles. The van der Waals surface area contributed by atoms with Crippen LogP contribution in [0.3, 0.4) is 0 Å². The molecule has 162 valence electrons. The molecule has 10 nitrogen and oxygen atoms in total. The number of hydrogen-bond donors (Lipinski definition) is 3. The molecular formula is C21H17ClN6O4. The average Bonchev–Trinajstić information content (AvgIpc) is 3.35. The number of fused-ring (bicyclic) bond motifs is 1. The van der Waals surface area contributed by atoms with Crippen molar-refractivity contribution in [2.24, 2.45) is 5.18 Å². The van der Waals surface area contributed by atoms with Crippen molar-refractivity contribution in [3.63, 3.8) is 0 Å². The van der Waals surface area contributed by atoms with Crippen LogP contribution in [0.2, 0.25) is 5.02 Å². The lowest BCUT2D eigenvalue weighted by Gasteiger charge is -2.05. The van der Waals surface area contributed by atoms with Gasteiger partial charge in [0.15, 0.2) is 5.69 Å². The van der Waals surface area contributed by atoms with Crippen LogP contribution in [-0.4, -0.2) is 35.8 Å². The molecule has 32 heavy (non-hydrogen) atoms. The number of nitroso groups, excluding NO2 is 1. The van der Waals surface area contributed by atoms with Gasteiger partial charge >= 0.3 is 0 Å². The van der Waals surface area contributed by atoms with E-state index in [1.807, 2.05) is 24.3 Å². The molecule has 3 N–H and O–H groups in total. The lowest BCUT2D eigenvalue weighted by Crippen LogP contribution is -2.14. The molecule has 0 fully saturated rings. The van der Waals surface area contributed by atoms with Crippen LogP contribution in [0.5, 0.6) is 5.88 Å². The average molecular weight is 453 g/mol. The van der Waals surface area contributed by atoms with E-state index in [0.29, 0.717) is 28.2 Å². The number of para-hydroxylation sites is 1. The number of amides is 1. The summed E-state index contributed by atoms with van der Waals surface area (Å²) in [5.74, 6) is -0.890. The van der Waals surface area contributed by atoms with Gasteiger partial charge in [0.1, 0.15) is 5.69 Å². The fourth-order valence-corrected chi connectivity index (χ4v) is 3.64. The van der Waals surface area contributed by atoms with Gasteiger partial charge in [0, 0.05) is 11.5 Å². The summed E-state index contributed by atoms with van der Waals surface area (Å²) in [5.41, 5.74) is 4.26. The number of carbonyl (C=O) groups is 1. The van der Waals surface area contributed by atoms with Crippen molar-refractivity contribution in [2.75, 3.05) is 0 Å². The van der Waals surface area contributed by atoms with Gasteiger partial charge in [-0.15, -0.1) is 10.0 Å². The third-order valence-corrected chi connectivity index (χ3v) is 5.14. The minimum Gasteiger partial charge on any atom is -0.493 e. The summed E-state index contributed by atoms with van der Waals surface area (Å²) in [6.45, 7) is 0.604. The smallest absolute Gasteiger partial charge is 0.267 e. The van der Waals surface area contributed by atoms with E-state index in [1.54, 1.807) is 35.2 Å². The number of carbonyl (C=O) groups excluding carboxylic acids is 1. The number of hydroxylamine groups is 1. The standard InChI is InChI=1S/C21H17ClN6O4/c22-17-3-1-2-16-19(25-32)21(30)28(20(16)17)12-15-11-27(26-23-15)10-14-6-4-13(5-7-14)8-9-18(29)24-31/h1-9,11,30-31H,10,12H2,(H,24,29)/b9-8+. The van der Waals surface area contributed by atoms with Gasteiger partial charge in [0.25, 0.3) is 5.91 Å². The number of benzene rings is 2. The summed E-state index contributed by atoms with van der Waals surface area (Å²) in [7, 11) is 0. The Bertz CT molecular complexity index is 1330. The Labute approximate surface area is 186 Å². The van der Waals surface area contributed by atoms with E-state index in [2.05, 4.69) is 15.5 Å². The van der Waals surface area contributed by atoms with Gasteiger partial charge in [-0.1, -0.05) is 53.2 Å². The molecular weight excluding hydrogens is 436 g/mol. The predicted octanol–water partition coefficient (Wildman–Crippen LogP) is 3.60. The molecule has 2 heterocycles. The Morgan fingerprint density at radius 3 is 2.69 bits per heavy atom. The van der Waals surface area contributed by atoms with Crippen LogP contribution in [0, 0.1) is 4.91 Å². The Balaban J connectivity index is 1.52. The predicted molar refractivity (Wildman–Crippen MR) is 118 cm³/mol. The quantitative estimate of drug-likeness (QED) is 0.170. The van der Waals surface area contributed by atoms with E-state index in [0.717, 1.165) is 11.1 Å². The van der Waals surface area contributed by atoms with Gasteiger partial charge in [-0.2, -0.15) is 0 Å². The number of rotatable bonds is 7. The lowest BCUT2D eigenvalue weighted by atomic mass is 10.1. The number of hydrogen-bond acceptors (Lipinski definition) is 7. The van der Waals surface area contributed by atoms with E-state index in [9.17, 15) is 14.8 Å². The van der Waals surface area contributed by atoms with Crippen LogP contribution in [0.15, 0.2) is 59.9 Å². The lowest BCUT2D eigenvalue weighted by molar-refractivity contribution is -0.124. The summed E-state index contributed by atoms with van der Waals surface area (Å²) in [6.07, 6.45) is 4.52. The van der Waals surface area contributed by atoms with Crippen molar-refractivity contribution in [1.29, 1.82) is 0 Å². The maximum atomic E-state index is 11.2. The Morgan fingerprint density at radius 1 is 1.19 bits per heavy atom. The second kappa shape index (κ2) is 9.00. The minimum absolute atomic E-state index is 0.0690. The highest BCUT2D eigenvalue weighted by Crippen LogP contribution is 2.41. The highest BCUT2D eigenvalue weighted by atomic mass is 35.5. The molecule has 11 heteroatoms. The summed E-state index contributed by atoms with van der Waals surface area (Å²) in [6, 6.07) is 12.4. The van der Waals surface area contributed by atoms with Gasteiger partial charge < -0.3 is 9.67 Å². The SMILES string of the molecule is O=Nc1c(O)n(Cc2cn(Cc3ccc(/C=C/C(=O)NO)cc3)nn2)c2c(Cl)cccc12. The van der Waals surface area contributed by atoms with Crippen LogP contribution < -0.4 is 5.48 Å². The zero-order valence-electron chi connectivity index (χ0n) is 16.5. The molecule has 0 aliphatic heterocycles. The maximum absolute atomic E-state index is 11.2. The first-order chi connectivity index (χ1) is 15.5. The Morgan fingerprint density at radius 2 is 1.97 bits per heavy atom. The van der Waals surface area contributed by atoms with Crippen molar-refractivity contribution in [2.45, 2.75) is 13.1 Å². The molecule has 0 bridgehead atoms. The van der Waals surface area contributed by atoms with E-state index in [1.165, 1.54) is 16.1 Å². The fourth-order valence-electron chi connectivity index (χ4n) is 3.36. The van der Waals surface area contributed by atoms with Gasteiger partial charge in [-0.05, 0) is 28.4 Å². The molecule has 4 rings (SSSR count). The largest absolute Gasteiger partial charge is 0.493 e. The van der Waals surface area contributed by atoms with Crippen molar-refractivity contribution >= 4 is 40.2 Å². The van der Waals surface area contributed by atoms with Crippen LogP contribution in [0.1, 0.15) is 16.8 Å². The first kappa shape index (κ1) is 21.2. The number of aromatic nitrogens is 4. The molecule has 0 saturated heterocycles. The first-order valence-corrected chi connectivity index (χ1v) is 9.81. The van der Waals surface area contributed by atoms with E-state index < -0.39 is 5.91 Å². The van der Waals surface area contributed by atoms with Gasteiger partial charge in [-0.25, -0.2) is 10.2 Å². The molecule has 4 aromatic rings. The minimum atomic E-state index is -0.608. The van der Waals surface area contributed by atoms with Gasteiger partial charge in [0.2, 0.25) is 5.88 Å². The van der Waals surface area contributed by atoms with Crippen molar-refractivity contribution in [1.82, 2.24) is 25.0 Å². The van der Waals surface area contributed by atoms with Crippen molar-refractivity contribution < 1.29 is 15.1 Å².